The van der Waals surface area contributed by atoms with E-state index < -0.39 is 36.9 Å². The van der Waals surface area contributed by atoms with Crippen LogP contribution in [0.5, 0.6) is 0 Å². The number of amides is 1. The number of nitrogens with one attached hydrogen (secondary N) is 1. The number of carbonyl (C=O) groups excluding carboxylic acids is 1. The van der Waals surface area contributed by atoms with Gasteiger partial charge in [0.25, 0.3) is 5.91 Å². The van der Waals surface area contributed by atoms with Crippen molar-refractivity contribution in [3.8, 4) is 0 Å². The molecule has 0 unspecified atom stereocenters. The fraction of sp³-hybridized carbons (Fsp3) is 0.417. The number of aromatic nitrogens is 1. The van der Waals surface area contributed by atoms with Crippen molar-refractivity contribution in [3.63, 3.8) is 0 Å². The van der Waals surface area contributed by atoms with Crippen molar-refractivity contribution in [1.29, 1.82) is 0 Å². The van der Waals surface area contributed by atoms with Gasteiger partial charge in [-0.15, -0.1) is 0 Å². The molecule has 0 aliphatic heterocycles. The van der Waals surface area contributed by atoms with Crippen LogP contribution in [0.3, 0.4) is 0 Å². The van der Waals surface area contributed by atoms with Crippen molar-refractivity contribution >= 4 is 12.1 Å². The van der Waals surface area contributed by atoms with Crippen molar-refractivity contribution in [2.45, 2.75) is 24.4 Å². The molecule has 6 N–H and O–H groups in total. The fourth-order valence-electron chi connectivity index (χ4n) is 1.37. The topological polar surface area (TPSA) is 156 Å². The van der Waals surface area contributed by atoms with E-state index in [4.69, 9.17) is 10.2 Å². The van der Waals surface area contributed by atoms with Crippen LogP contribution in [-0.2, 0) is 0 Å². The summed E-state index contributed by atoms with van der Waals surface area (Å²) in [6.45, 7) is -0.777. The number of rotatable bonds is 7. The third-order valence-corrected chi connectivity index (χ3v) is 2.62. The van der Waals surface area contributed by atoms with Crippen LogP contribution in [0.25, 0.3) is 0 Å². The molecule has 1 heterocycles. The third kappa shape index (κ3) is 5.17. The second kappa shape index (κ2) is 8.39. The monoisotopic (exact) mass is 299 g/mol. The molecule has 0 aromatic carbocycles. The van der Waals surface area contributed by atoms with Crippen molar-refractivity contribution in [2.24, 2.45) is 5.10 Å². The van der Waals surface area contributed by atoms with Gasteiger partial charge in [0, 0.05) is 18.0 Å². The molecule has 4 atom stereocenters. The molecule has 0 bridgehead atoms. The number of hydrazone groups is 1. The van der Waals surface area contributed by atoms with Crippen molar-refractivity contribution in [1.82, 2.24) is 10.4 Å². The molecule has 1 rings (SSSR count). The van der Waals surface area contributed by atoms with Crippen LogP contribution < -0.4 is 5.43 Å². The highest BCUT2D eigenvalue weighted by Gasteiger charge is 2.29. The van der Waals surface area contributed by atoms with Crippen LogP contribution in [0.1, 0.15) is 10.4 Å². The summed E-state index contributed by atoms with van der Waals surface area (Å²) < 4.78 is 0. The van der Waals surface area contributed by atoms with Gasteiger partial charge in [0.1, 0.15) is 24.4 Å². The van der Waals surface area contributed by atoms with E-state index >= 15 is 0 Å². The van der Waals surface area contributed by atoms with Gasteiger partial charge in [0.15, 0.2) is 0 Å². The normalized spacial score (nSPS) is 17.2. The number of hydrogen-bond acceptors (Lipinski definition) is 8. The van der Waals surface area contributed by atoms with E-state index in [2.05, 4.69) is 15.5 Å². The summed E-state index contributed by atoms with van der Waals surface area (Å²) in [5, 5.41) is 49.5. The lowest BCUT2D eigenvalue weighted by Crippen LogP contribution is -2.46. The predicted octanol–water partition coefficient (Wildman–Crippen LogP) is -2.77. The highest BCUT2D eigenvalue weighted by atomic mass is 16.4. The lowest BCUT2D eigenvalue weighted by molar-refractivity contribution is -0.0999. The number of hydrogen-bond donors (Lipinski definition) is 6. The molecular weight excluding hydrogens is 282 g/mol. The Labute approximate surface area is 120 Å². The zero-order valence-electron chi connectivity index (χ0n) is 10.9. The first-order chi connectivity index (χ1) is 9.97. The molecule has 1 aromatic rings. The summed E-state index contributed by atoms with van der Waals surface area (Å²) in [6, 6.07) is 2.91. The van der Waals surface area contributed by atoms with Crippen LogP contribution in [0, 0.1) is 0 Å². The zero-order chi connectivity index (χ0) is 15.8. The van der Waals surface area contributed by atoms with Gasteiger partial charge in [-0.3, -0.25) is 9.78 Å². The minimum Gasteiger partial charge on any atom is -0.394 e. The van der Waals surface area contributed by atoms with E-state index in [9.17, 15) is 20.1 Å². The quantitative estimate of drug-likeness (QED) is 0.235. The Morgan fingerprint density at radius 3 is 2.43 bits per heavy atom. The molecule has 9 nitrogen and oxygen atoms in total. The standard InChI is InChI=1S/C12H17N3O6/c16-6-9(18)11(20)10(19)8(17)5-14-15-12(21)7-1-3-13-4-2-7/h1-5,8-11,16-20H,6H2,(H,15,21)/b14-5+/t8-,9+,10-,11+/m0/s1. The maximum atomic E-state index is 11.6. The summed E-state index contributed by atoms with van der Waals surface area (Å²) in [4.78, 5) is 15.3. The molecule has 116 valence electrons. The summed E-state index contributed by atoms with van der Waals surface area (Å²) in [6.07, 6.45) is -3.14. The molecule has 0 saturated heterocycles. The lowest BCUT2D eigenvalue weighted by atomic mass is 10.0. The Morgan fingerprint density at radius 2 is 1.86 bits per heavy atom. The SMILES string of the molecule is O=C(N/N=C/[C@H](O)[C@H](O)[C@H](O)[C@H](O)CO)c1ccncc1. The second-order valence-electron chi connectivity index (χ2n) is 4.18. The van der Waals surface area contributed by atoms with Gasteiger partial charge in [0.05, 0.1) is 12.8 Å². The number of aliphatic hydroxyl groups excluding tert-OH is 5. The van der Waals surface area contributed by atoms with Gasteiger partial charge < -0.3 is 25.5 Å². The first-order valence-corrected chi connectivity index (χ1v) is 6.04. The van der Waals surface area contributed by atoms with Gasteiger partial charge in [0.2, 0.25) is 0 Å². The van der Waals surface area contributed by atoms with Gasteiger partial charge in [-0.1, -0.05) is 0 Å². The maximum Gasteiger partial charge on any atom is 0.271 e. The van der Waals surface area contributed by atoms with Crippen molar-refractivity contribution in [2.75, 3.05) is 6.61 Å². The first-order valence-electron chi connectivity index (χ1n) is 6.04. The Morgan fingerprint density at radius 1 is 1.24 bits per heavy atom. The Balaban J connectivity index is 2.51. The molecule has 0 aliphatic carbocycles. The number of pyridine rings is 1. The van der Waals surface area contributed by atoms with Crippen LogP contribution >= 0.6 is 0 Å². The number of nitrogens with zero attached hydrogens (tertiary/aromatic N) is 2. The molecular formula is C12H17N3O6. The zero-order valence-corrected chi connectivity index (χ0v) is 10.9. The fourth-order valence-corrected chi connectivity index (χ4v) is 1.37. The summed E-state index contributed by atoms with van der Waals surface area (Å²) >= 11 is 0. The summed E-state index contributed by atoms with van der Waals surface area (Å²) in [5.74, 6) is -0.550. The predicted molar refractivity (Wildman–Crippen MR) is 71.3 cm³/mol. The molecule has 21 heavy (non-hydrogen) atoms. The first kappa shape index (κ1) is 17.1. The smallest absolute Gasteiger partial charge is 0.271 e. The molecule has 0 saturated carbocycles. The van der Waals surface area contributed by atoms with Gasteiger partial charge in [-0.25, -0.2) is 5.43 Å². The summed E-state index contributed by atoms with van der Waals surface area (Å²) in [7, 11) is 0. The van der Waals surface area contributed by atoms with Crippen LogP contribution in [0.4, 0.5) is 0 Å². The molecule has 0 fully saturated rings. The molecule has 1 amide bonds. The Hall–Kier alpha value is -1.91. The van der Waals surface area contributed by atoms with E-state index in [1.165, 1.54) is 24.5 Å². The minimum absolute atomic E-state index is 0.299. The highest BCUT2D eigenvalue weighted by molar-refractivity contribution is 5.94. The van der Waals surface area contributed by atoms with E-state index in [1.807, 2.05) is 0 Å². The highest BCUT2D eigenvalue weighted by Crippen LogP contribution is 2.03. The molecule has 0 spiro atoms. The summed E-state index contributed by atoms with van der Waals surface area (Å²) in [5.41, 5.74) is 2.40. The average Bonchev–Trinajstić information content (AvgIpc) is 2.53. The van der Waals surface area contributed by atoms with E-state index in [0.29, 0.717) is 5.56 Å². The van der Waals surface area contributed by atoms with Crippen LogP contribution in [0.15, 0.2) is 29.6 Å². The lowest BCUT2D eigenvalue weighted by Gasteiger charge is -2.23. The van der Waals surface area contributed by atoms with Crippen LogP contribution in [-0.4, -0.2) is 73.7 Å². The number of carbonyl (C=O) groups is 1. The van der Waals surface area contributed by atoms with Gasteiger partial charge in [-0.05, 0) is 12.1 Å². The van der Waals surface area contributed by atoms with E-state index in [-0.39, 0.29) is 0 Å². The second-order valence-corrected chi connectivity index (χ2v) is 4.18. The Bertz CT molecular complexity index is 469. The molecule has 0 aliphatic rings. The van der Waals surface area contributed by atoms with Crippen LogP contribution in [0.2, 0.25) is 0 Å². The van der Waals surface area contributed by atoms with E-state index in [1.54, 1.807) is 0 Å². The average molecular weight is 299 g/mol. The molecule has 1 aromatic heterocycles. The van der Waals surface area contributed by atoms with Gasteiger partial charge >= 0.3 is 0 Å². The van der Waals surface area contributed by atoms with Gasteiger partial charge in [-0.2, -0.15) is 5.10 Å². The Kier molecular flexibility index (Phi) is 6.85. The largest absolute Gasteiger partial charge is 0.394 e. The third-order valence-electron chi connectivity index (χ3n) is 2.62. The van der Waals surface area contributed by atoms with Crippen molar-refractivity contribution in [3.05, 3.63) is 30.1 Å². The minimum atomic E-state index is -1.77. The van der Waals surface area contributed by atoms with Crippen molar-refractivity contribution < 1.29 is 30.3 Å². The molecule has 9 heteroatoms. The van der Waals surface area contributed by atoms with E-state index in [0.717, 1.165) is 6.21 Å². The molecule has 0 radical (unpaired) electrons. The number of aliphatic hydroxyl groups is 5. The maximum absolute atomic E-state index is 11.6.